The fourth-order valence-corrected chi connectivity index (χ4v) is 1.77. The van der Waals surface area contributed by atoms with Crippen LogP contribution >= 0.6 is 0 Å². The topological polar surface area (TPSA) is 64.3 Å². The van der Waals surface area contributed by atoms with Crippen LogP contribution in [-0.4, -0.2) is 25.1 Å². The normalized spacial score (nSPS) is 11.1. The van der Waals surface area contributed by atoms with Crippen LogP contribution in [0.4, 0.5) is 0 Å². The van der Waals surface area contributed by atoms with Crippen LogP contribution in [0.5, 0.6) is 5.75 Å². The first kappa shape index (κ1) is 13.5. The molecule has 0 bridgehead atoms. The molecule has 0 heterocycles. The standard InChI is InChI=1S/C13H20N2O2/c1-13(2,15-12(16)9-14)8-10-5-4-6-11(7-10)17-3/h4-7H,8-9,14H2,1-3H3,(H,15,16). The van der Waals surface area contributed by atoms with Gasteiger partial charge in [-0.25, -0.2) is 0 Å². The minimum Gasteiger partial charge on any atom is -0.497 e. The van der Waals surface area contributed by atoms with Gasteiger partial charge < -0.3 is 15.8 Å². The minimum atomic E-state index is -0.317. The van der Waals surface area contributed by atoms with E-state index in [1.54, 1.807) is 7.11 Å². The first-order valence-corrected chi connectivity index (χ1v) is 5.61. The predicted molar refractivity (Wildman–Crippen MR) is 68.0 cm³/mol. The van der Waals surface area contributed by atoms with Gasteiger partial charge >= 0.3 is 0 Å². The maximum absolute atomic E-state index is 11.3. The summed E-state index contributed by atoms with van der Waals surface area (Å²) in [6, 6.07) is 7.82. The van der Waals surface area contributed by atoms with Crippen LogP contribution in [0.3, 0.4) is 0 Å². The first-order valence-electron chi connectivity index (χ1n) is 5.61. The predicted octanol–water partition coefficient (Wildman–Crippen LogP) is 1.09. The quantitative estimate of drug-likeness (QED) is 0.804. The van der Waals surface area contributed by atoms with E-state index in [2.05, 4.69) is 5.32 Å². The van der Waals surface area contributed by atoms with E-state index >= 15 is 0 Å². The lowest BCUT2D eigenvalue weighted by atomic mass is 9.94. The maximum atomic E-state index is 11.3. The Hall–Kier alpha value is -1.55. The number of hydrogen-bond donors (Lipinski definition) is 2. The summed E-state index contributed by atoms with van der Waals surface area (Å²) in [6.07, 6.45) is 0.732. The highest BCUT2D eigenvalue weighted by Gasteiger charge is 2.20. The van der Waals surface area contributed by atoms with Gasteiger partial charge in [-0.3, -0.25) is 4.79 Å². The Labute approximate surface area is 102 Å². The molecule has 0 saturated heterocycles. The number of hydrogen-bond acceptors (Lipinski definition) is 3. The highest BCUT2D eigenvalue weighted by molar-refractivity contribution is 5.78. The van der Waals surface area contributed by atoms with Crippen LogP contribution in [0.2, 0.25) is 0 Å². The smallest absolute Gasteiger partial charge is 0.234 e. The second kappa shape index (κ2) is 5.68. The van der Waals surface area contributed by atoms with Gasteiger partial charge in [0.25, 0.3) is 0 Å². The first-order chi connectivity index (χ1) is 7.96. The highest BCUT2D eigenvalue weighted by Crippen LogP contribution is 2.17. The Morgan fingerprint density at radius 3 is 2.76 bits per heavy atom. The molecule has 3 N–H and O–H groups in total. The Kier molecular flexibility index (Phi) is 4.52. The molecular weight excluding hydrogens is 216 g/mol. The Morgan fingerprint density at radius 1 is 1.47 bits per heavy atom. The van der Waals surface area contributed by atoms with E-state index in [0.717, 1.165) is 17.7 Å². The lowest BCUT2D eigenvalue weighted by Crippen LogP contribution is -2.47. The average Bonchev–Trinajstić information content (AvgIpc) is 2.27. The van der Waals surface area contributed by atoms with Gasteiger partial charge in [0.1, 0.15) is 5.75 Å². The van der Waals surface area contributed by atoms with Gasteiger partial charge in [-0.15, -0.1) is 0 Å². The second-order valence-corrected chi connectivity index (χ2v) is 4.66. The van der Waals surface area contributed by atoms with Crippen molar-refractivity contribution in [1.29, 1.82) is 0 Å². The molecule has 1 rings (SSSR count). The summed E-state index contributed by atoms with van der Waals surface area (Å²) in [5.41, 5.74) is 6.09. The van der Waals surface area contributed by atoms with E-state index in [-0.39, 0.29) is 18.0 Å². The van der Waals surface area contributed by atoms with Crippen molar-refractivity contribution >= 4 is 5.91 Å². The zero-order valence-electron chi connectivity index (χ0n) is 10.6. The maximum Gasteiger partial charge on any atom is 0.234 e. The van der Waals surface area contributed by atoms with Crippen molar-refractivity contribution in [2.75, 3.05) is 13.7 Å². The number of carbonyl (C=O) groups is 1. The fourth-order valence-electron chi connectivity index (χ4n) is 1.77. The van der Waals surface area contributed by atoms with Crippen molar-refractivity contribution < 1.29 is 9.53 Å². The minimum absolute atomic E-state index is 0.0154. The Bertz CT molecular complexity index is 389. The van der Waals surface area contributed by atoms with Gasteiger partial charge in [0.15, 0.2) is 0 Å². The van der Waals surface area contributed by atoms with Crippen molar-refractivity contribution in [2.45, 2.75) is 25.8 Å². The third-order valence-corrected chi connectivity index (χ3v) is 2.44. The molecule has 4 heteroatoms. The van der Waals surface area contributed by atoms with Crippen molar-refractivity contribution in [3.05, 3.63) is 29.8 Å². The third kappa shape index (κ3) is 4.44. The molecule has 0 spiro atoms. The van der Waals surface area contributed by atoms with Gasteiger partial charge in [0, 0.05) is 5.54 Å². The van der Waals surface area contributed by atoms with Crippen LogP contribution in [0.15, 0.2) is 24.3 Å². The molecule has 1 amide bonds. The molecule has 4 nitrogen and oxygen atoms in total. The monoisotopic (exact) mass is 236 g/mol. The number of rotatable bonds is 5. The molecule has 94 valence electrons. The number of ether oxygens (including phenoxy) is 1. The molecule has 1 aromatic rings. The van der Waals surface area contributed by atoms with E-state index in [0.29, 0.717) is 0 Å². The van der Waals surface area contributed by atoms with Crippen molar-refractivity contribution in [2.24, 2.45) is 5.73 Å². The van der Waals surface area contributed by atoms with Crippen LogP contribution in [0, 0.1) is 0 Å². The molecule has 0 aromatic heterocycles. The van der Waals surface area contributed by atoms with Crippen LogP contribution < -0.4 is 15.8 Å². The number of amides is 1. The van der Waals surface area contributed by atoms with Gasteiger partial charge in [0.05, 0.1) is 13.7 Å². The van der Waals surface area contributed by atoms with Gasteiger partial charge in [0.2, 0.25) is 5.91 Å². The number of nitrogens with one attached hydrogen (secondary N) is 1. The molecule has 1 aromatic carbocycles. The van der Waals surface area contributed by atoms with Gasteiger partial charge in [-0.1, -0.05) is 12.1 Å². The van der Waals surface area contributed by atoms with Gasteiger partial charge in [-0.05, 0) is 38.0 Å². The Balaban J connectivity index is 2.71. The van der Waals surface area contributed by atoms with Crippen molar-refractivity contribution in [1.82, 2.24) is 5.32 Å². The molecule has 17 heavy (non-hydrogen) atoms. The van der Waals surface area contributed by atoms with Gasteiger partial charge in [-0.2, -0.15) is 0 Å². The number of carbonyl (C=O) groups excluding carboxylic acids is 1. The summed E-state index contributed by atoms with van der Waals surface area (Å²) in [5, 5.41) is 2.89. The van der Waals surface area contributed by atoms with Crippen molar-refractivity contribution in [3.63, 3.8) is 0 Å². The molecule has 0 aliphatic heterocycles. The van der Waals surface area contributed by atoms with E-state index < -0.39 is 0 Å². The van der Waals surface area contributed by atoms with Crippen LogP contribution in [0.25, 0.3) is 0 Å². The summed E-state index contributed by atoms with van der Waals surface area (Å²) in [4.78, 5) is 11.3. The van der Waals surface area contributed by atoms with E-state index in [1.165, 1.54) is 0 Å². The third-order valence-electron chi connectivity index (χ3n) is 2.44. The zero-order chi connectivity index (χ0) is 12.9. The molecule has 0 saturated carbocycles. The molecule has 0 unspecified atom stereocenters. The SMILES string of the molecule is COc1cccc(CC(C)(C)NC(=O)CN)c1. The van der Waals surface area contributed by atoms with E-state index in [9.17, 15) is 4.79 Å². The summed E-state index contributed by atoms with van der Waals surface area (Å²) in [6.45, 7) is 3.96. The summed E-state index contributed by atoms with van der Waals surface area (Å²) in [5.74, 6) is 0.682. The van der Waals surface area contributed by atoms with Crippen molar-refractivity contribution in [3.8, 4) is 5.75 Å². The fraction of sp³-hybridized carbons (Fsp3) is 0.462. The zero-order valence-corrected chi connectivity index (χ0v) is 10.6. The number of nitrogens with two attached hydrogens (primary N) is 1. The second-order valence-electron chi connectivity index (χ2n) is 4.66. The molecular formula is C13H20N2O2. The largest absolute Gasteiger partial charge is 0.497 e. The Morgan fingerprint density at radius 2 is 2.18 bits per heavy atom. The molecule has 0 aliphatic rings. The number of methoxy groups -OCH3 is 1. The van der Waals surface area contributed by atoms with Crippen LogP contribution in [0.1, 0.15) is 19.4 Å². The summed E-state index contributed by atoms with van der Waals surface area (Å²) >= 11 is 0. The summed E-state index contributed by atoms with van der Waals surface area (Å²) < 4.78 is 5.16. The van der Waals surface area contributed by atoms with Crippen LogP contribution in [-0.2, 0) is 11.2 Å². The lowest BCUT2D eigenvalue weighted by Gasteiger charge is -2.26. The average molecular weight is 236 g/mol. The van der Waals surface area contributed by atoms with E-state index in [1.807, 2.05) is 38.1 Å². The molecule has 0 atom stereocenters. The summed E-state index contributed by atoms with van der Waals surface area (Å²) in [7, 11) is 1.64. The van der Waals surface area contributed by atoms with E-state index in [4.69, 9.17) is 10.5 Å². The highest BCUT2D eigenvalue weighted by atomic mass is 16.5. The number of benzene rings is 1. The molecule has 0 radical (unpaired) electrons. The molecule has 0 aliphatic carbocycles. The lowest BCUT2D eigenvalue weighted by molar-refractivity contribution is -0.121. The molecule has 0 fully saturated rings.